The molecule has 0 amide bonds. The maximum Gasteiger partial charge on any atom is 0.0502 e. The molecule has 1 aliphatic carbocycles. The number of hydrogen-bond donors (Lipinski definition) is 1. The summed E-state index contributed by atoms with van der Waals surface area (Å²) in [5.41, 5.74) is 9.35. The van der Waals surface area contributed by atoms with Gasteiger partial charge in [0.1, 0.15) is 0 Å². The van der Waals surface area contributed by atoms with Gasteiger partial charge in [-0.2, -0.15) is 0 Å². The van der Waals surface area contributed by atoms with Crippen molar-refractivity contribution in [2.45, 2.75) is 63.6 Å². The van der Waals surface area contributed by atoms with Crippen molar-refractivity contribution in [2.75, 3.05) is 6.54 Å². The molecule has 1 saturated carbocycles. The summed E-state index contributed by atoms with van der Waals surface area (Å²) in [6.07, 6.45) is 7.63. The van der Waals surface area contributed by atoms with Gasteiger partial charge in [0, 0.05) is 12.1 Å². The van der Waals surface area contributed by atoms with Crippen LogP contribution in [0.5, 0.6) is 0 Å². The lowest BCUT2D eigenvalue weighted by Crippen LogP contribution is -2.41. The minimum atomic E-state index is 0.301. The van der Waals surface area contributed by atoms with Gasteiger partial charge in [0.15, 0.2) is 0 Å². The molecule has 1 aromatic carbocycles. The molecule has 2 atom stereocenters. The number of aryl methyl sites for hydroxylation is 1. The van der Waals surface area contributed by atoms with E-state index >= 15 is 0 Å². The second-order valence-corrected chi connectivity index (χ2v) is 6.17. The van der Waals surface area contributed by atoms with Crippen LogP contribution < -0.4 is 5.73 Å². The van der Waals surface area contributed by atoms with Gasteiger partial charge in [-0.1, -0.05) is 37.6 Å². The molecule has 1 aliphatic heterocycles. The zero-order valence-electron chi connectivity index (χ0n) is 12.0. The molecule has 3 rings (SSSR count). The van der Waals surface area contributed by atoms with Crippen molar-refractivity contribution < 1.29 is 0 Å². The minimum absolute atomic E-state index is 0.301. The van der Waals surface area contributed by atoms with Crippen LogP contribution in [0.1, 0.15) is 56.2 Å². The lowest BCUT2D eigenvalue weighted by Gasteiger charge is -2.34. The lowest BCUT2D eigenvalue weighted by atomic mass is 9.95. The maximum atomic E-state index is 6.50. The van der Waals surface area contributed by atoms with Gasteiger partial charge >= 0.3 is 0 Å². The molecule has 2 heteroatoms. The second kappa shape index (κ2) is 5.64. The summed E-state index contributed by atoms with van der Waals surface area (Å²) in [4.78, 5) is 2.69. The van der Waals surface area contributed by atoms with Gasteiger partial charge in [-0.25, -0.2) is 0 Å². The zero-order chi connectivity index (χ0) is 13.2. The molecule has 104 valence electrons. The fourth-order valence-electron chi connectivity index (χ4n) is 3.42. The Hall–Kier alpha value is -0.860. The zero-order valence-corrected chi connectivity index (χ0v) is 12.0. The van der Waals surface area contributed by atoms with E-state index in [0.29, 0.717) is 12.1 Å². The SMILES string of the molecule is CCc1ccc(C2C(N)CCCCN2C2CC2)cc1. The van der Waals surface area contributed by atoms with Crippen LogP contribution in [0.2, 0.25) is 0 Å². The van der Waals surface area contributed by atoms with Crippen molar-refractivity contribution in [3.8, 4) is 0 Å². The first-order valence-corrected chi connectivity index (χ1v) is 7.89. The van der Waals surface area contributed by atoms with Gasteiger partial charge in [0.05, 0.1) is 6.04 Å². The smallest absolute Gasteiger partial charge is 0.0502 e. The van der Waals surface area contributed by atoms with Crippen LogP contribution in [0.3, 0.4) is 0 Å². The van der Waals surface area contributed by atoms with Crippen LogP contribution in [-0.4, -0.2) is 23.5 Å². The van der Waals surface area contributed by atoms with Gasteiger partial charge in [-0.3, -0.25) is 4.90 Å². The summed E-state index contributed by atoms with van der Waals surface area (Å²) in [6.45, 7) is 3.45. The molecule has 2 aliphatic rings. The van der Waals surface area contributed by atoms with Crippen LogP contribution in [0.25, 0.3) is 0 Å². The Morgan fingerprint density at radius 3 is 2.47 bits per heavy atom. The van der Waals surface area contributed by atoms with E-state index in [0.717, 1.165) is 12.5 Å². The largest absolute Gasteiger partial charge is 0.326 e. The van der Waals surface area contributed by atoms with Gasteiger partial charge < -0.3 is 5.73 Å². The molecule has 0 spiro atoms. The molecule has 0 aromatic heterocycles. The molecule has 19 heavy (non-hydrogen) atoms. The predicted molar refractivity (Wildman–Crippen MR) is 80.1 cm³/mol. The molecule has 0 radical (unpaired) electrons. The Kier molecular flexibility index (Phi) is 3.90. The van der Waals surface area contributed by atoms with Gasteiger partial charge in [-0.05, 0) is 49.8 Å². The van der Waals surface area contributed by atoms with Crippen molar-refractivity contribution in [3.63, 3.8) is 0 Å². The molecule has 2 unspecified atom stereocenters. The average Bonchev–Trinajstić information content (AvgIpc) is 3.26. The molecular formula is C17H26N2. The number of rotatable bonds is 3. The van der Waals surface area contributed by atoms with Crippen LogP contribution in [0, 0.1) is 0 Å². The number of benzene rings is 1. The average molecular weight is 258 g/mol. The first-order chi connectivity index (χ1) is 9.29. The van der Waals surface area contributed by atoms with Crippen molar-refractivity contribution >= 4 is 0 Å². The van der Waals surface area contributed by atoms with E-state index in [4.69, 9.17) is 5.73 Å². The predicted octanol–water partition coefficient (Wildman–Crippen LogP) is 3.27. The molecule has 1 saturated heterocycles. The Morgan fingerprint density at radius 2 is 1.84 bits per heavy atom. The fraction of sp³-hybridized carbons (Fsp3) is 0.647. The minimum Gasteiger partial charge on any atom is -0.326 e. The summed E-state index contributed by atoms with van der Waals surface area (Å²) >= 11 is 0. The van der Waals surface area contributed by atoms with Crippen molar-refractivity contribution in [3.05, 3.63) is 35.4 Å². The summed E-state index contributed by atoms with van der Waals surface area (Å²) in [6, 6.07) is 10.7. The molecular weight excluding hydrogens is 232 g/mol. The Balaban J connectivity index is 1.87. The molecule has 0 bridgehead atoms. The highest BCUT2D eigenvalue weighted by Crippen LogP contribution is 2.38. The topological polar surface area (TPSA) is 29.3 Å². The van der Waals surface area contributed by atoms with E-state index in [9.17, 15) is 0 Å². The van der Waals surface area contributed by atoms with Crippen molar-refractivity contribution in [2.24, 2.45) is 5.73 Å². The summed E-state index contributed by atoms with van der Waals surface area (Å²) < 4.78 is 0. The van der Waals surface area contributed by atoms with Crippen LogP contribution in [0.4, 0.5) is 0 Å². The highest BCUT2D eigenvalue weighted by atomic mass is 15.2. The van der Waals surface area contributed by atoms with Gasteiger partial charge in [0.2, 0.25) is 0 Å². The molecule has 1 aromatic rings. The number of nitrogens with zero attached hydrogens (tertiary/aromatic N) is 1. The highest BCUT2D eigenvalue weighted by molar-refractivity contribution is 5.27. The van der Waals surface area contributed by atoms with E-state index in [1.807, 2.05) is 0 Å². The normalized spacial score (nSPS) is 29.2. The van der Waals surface area contributed by atoms with Gasteiger partial charge in [-0.15, -0.1) is 0 Å². The van der Waals surface area contributed by atoms with E-state index in [1.54, 1.807) is 0 Å². The van der Waals surface area contributed by atoms with E-state index < -0.39 is 0 Å². The lowest BCUT2D eigenvalue weighted by molar-refractivity contribution is 0.175. The Bertz CT molecular complexity index is 408. The second-order valence-electron chi connectivity index (χ2n) is 6.17. The first-order valence-electron chi connectivity index (χ1n) is 7.89. The van der Waals surface area contributed by atoms with E-state index in [1.165, 1.54) is 49.8 Å². The van der Waals surface area contributed by atoms with E-state index in [2.05, 4.69) is 36.1 Å². The first kappa shape index (κ1) is 13.1. The summed E-state index contributed by atoms with van der Waals surface area (Å²) in [5.74, 6) is 0. The Morgan fingerprint density at radius 1 is 1.11 bits per heavy atom. The third-order valence-electron chi connectivity index (χ3n) is 4.71. The summed E-state index contributed by atoms with van der Waals surface area (Å²) in [7, 11) is 0. The highest BCUT2D eigenvalue weighted by Gasteiger charge is 2.38. The Labute approximate surface area is 117 Å². The van der Waals surface area contributed by atoms with Gasteiger partial charge in [0.25, 0.3) is 0 Å². The third-order valence-corrected chi connectivity index (χ3v) is 4.71. The quantitative estimate of drug-likeness (QED) is 0.901. The molecule has 1 heterocycles. The molecule has 2 N–H and O–H groups in total. The van der Waals surface area contributed by atoms with Crippen molar-refractivity contribution in [1.82, 2.24) is 4.90 Å². The number of hydrogen-bond acceptors (Lipinski definition) is 2. The number of likely N-dealkylation sites (tertiary alicyclic amines) is 1. The van der Waals surface area contributed by atoms with Crippen molar-refractivity contribution in [1.29, 1.82) is 0 Å². The standard InChI is InChI=1S/C17H26N2/c1-2-13-6-8-14(9-7-13)17-16(18)5-3-4-12-19(17)15-10-11-15/h6-9,15-17H,2-5,10-12,18H2,1H3. The van der Waals surface area contributed by atoms with Crippen LogP contribution in [-0.2, 0) is 6.42 Å². The monoisotopic (exact) mass is 258 g/mol. The number of nitrogens with two attached hydrogens (primary N) is 1. The molecule has 2 nitrogen and oxygen atoms in total. The fourth-order valence-corrected chi connectivity index (χ4v) is 3.42. The van der Waals surface area contributed by atoms with Crippen LogP contribution >= 0.6 is 0 Å². The van der Waals surface area contributed by atoms with Crippen LogP contribution in [0.15, 0.2) is 24.3 Å². The maximum absolute atomic E-state index is 6.50. The van der Waals surface area contributed by atoms with E-state index in [-0.39, 0.29) is 0 Å². The molecule has 2 fully saturated rings. The third kappa shape index (κ3) is 2.85. The summed E-state index contributed by atoms with van der Waals surface area (Å²) in [5, 5.41) is 0.